The van der Waals surface area contributed by atoms with Gasteiger partial charge in [-0.3, -0.25) is 0 Å². The number of halogens is 2. The van der Waals surface area contributed by atoms with Crippen LogP contribution in [0.3, 0.4) is 0 Å². The summed E-state index contributed by atoms with van der Waals surface area (Å²) in [6.45, 7) is 5.46. The summed E-state index contributed by atoms with van der Waals surface area (Å²) >= 11 is 0. The Labute approximate surface area is 119 Å². The second-order valence-corrected chi connectivity index (χ2v) is 5.43. The normalized spacial score (nSPS) is 23.4. The van der Waals surface area contributed by atoms with Crippen LogP contribution >= 0.6 is 0 Å². The fourth-order valence-corrected chi connectivity index (χ4v) is 2.92. The molecule has 1 unspecified atom stereocenters. The molecule has 2 rings (SSSR count). The highest BCUT2D eigenvalue weighted by molar-refractivity contribution is 5.22. The number of ether oxygens (including phenoxy) is 1. The third-order valence-electron chi connectivity index (χ3n) is 3.95. The molecular weight excluding hydrogens is 260 g/mol. The van der Waals surface area contributed by atoms with Gasteiger partial charge in [0.2, 0.25) is 0 Å². The topological polar surface area (TPSA) is 21.3 Å². The highest BCUT2D eigenvalue weighted by Crippen LogP contribution is 2.37. The summed E-state index contributed by atoms with van der Waals surface area (Å²) in [6, 6.07) is 3.56. The lowest BCUT2D eigenvalue weighted by atomic mass is 9.77. The minimum atomic E-state index is -0.384. The minimum absolute atomic E-state index is 0.122. The first-order valence-electron chi connectivity index (χ1n) is 7.43. The summed E-state index contributed by atoms with van der Waals surface area (Å²) < 4.78 is 32.8. The van der Waals surface area contributed by atoms with Crippen molar-refractivity contribution in [3.63, 3.8) is 0 Å². The molecule has 0 bridgehead atoms. The molecule has 2 nitrogen and oxygen atoms in total. The first-order valence-corrected chi connectivity index (χ1v) is 7.43. The molecule has 1 aliphatic carbocycles. The van der Waals surface area contributed by atoms with Crippen molar-refractivity contribution in [2.45, 2.75) is 45.3 Å². The minimum Gasteiger partial charge on any atom is -0.378 e. The molecule has 0 saturated heterocycles. The van der Waals surface area contributed by atoms with E-state index in [1.54, 1.807) is 0 Å². The summed E-state index contributed by atoms with van der Waals surface area (Å²) in [5.41, 5.74) is 0.437. The van der Waals surface area contributed by atoms with E-state index in [1.807, 2.05) is 13.8 Å². The molecular formula is C16H23F2NO. The van der Waals surface area contributed by atoms with Crippen molar-refractivity contribution < 1.29 is 13.5 Å². The molecule has 1 aromatic rings. The Bertz CT molecular complexity index is 432. The summed E-state index contributed by atoms with van der Waals surface area (Å²) in [5, 5.41) is 3.27. The van der Waals surface area contributed by atoms with E-state index in [2.05, 4.69) is 5.32 Å². The molecule has 20 heavy (non-hydrogen) atoms. The second-order valence-electron chi connectivity index (χ2n) is 5.43. The molecule has 1 fully saturated rings. The van der Waals surface area contributed by atoms with Crippen molar-refractivity contribution in [2.24, 2.45) is 5.92 Å². The maximum Gasteiger partial charge on any atom is 0.128 e. The van der Waals surface area contributed by atoms with E-state index < -0.39 is 0 Å². The summed E-state index contributed by atoms with van der Waals surface area (Å²) in [5.74, 6) is -0.193. The van der Waals surface area contributed by atoms with E-state index in [-0.39, 0.29) is 17.7 Å². The zero-order valence-electron chi connectivity index (χ0n) is 12.2. The molecule has 0 aromatic heterocycles. The van der Waals surface area contributed by atoms with Gasteiger partial charge in [0.15, 0.2) is 0 Å². The average molecular weight is 283 g/mol. The van der Waals surface area contributed by atoms with E-state index in [1.165, 1.54) is 12.1 Å². The molecule has 0 radical (unpaired) electrons. The Morgan fingerprint density at radius 2 is 2.05 bits per heavy atom. The van der Waals surface area contributed by atoms with Crippen LogP contribution in [0.15, 0.2) is 18.2 Å². The van der Waals surface area contributed by atoms with Gasteiger partial charge >= 0.3 is 0 Å². The Balaban J connectivity index is 1.99. The summed E-state index contributed by atoms with van der Waals surface area (Å²) in [4.78, 5) is 0. The van der Waals surface area contributed by atoms with Crippen molar-refractivity contribution >= 4 is 0 Å². The van der Waals surface area contributed by atoms with Gasteiger partial charge in [-0.05, 0) is 56.8 Å². The van der Waals surface area contributed by atoms with Crippen molar-refractivity contribution in [3.05, 3.63) is 35.4 Å². The van der Waals surface area contributed by atoms with E-state index >= 15 is 0 Å². The van der Waals surface area contributed by atoms with Crippen LogP contribution in [-0.2, 0) is 4.74 Å². The monoisotopic (exact) mass is 283 g/mol. The number of nitrogens with one attached hydrogen (secondary N) is 1. The standard InChI is InChI=1S/C16H23F2NO/c1-3-19-16(9-11-7-13(8-11)20-4-2)14-10-12(17)5-6-15(14)18/h5-6,10-11,13,16,19H,3-4,7-9H2,1-2H3. The van der Waals surface area contributed by atoms with Crippen molar-refractivity contribution in [2.75, 3.05) is 13.2 Å². The third-order valence-corrected chi connectivity index (χ3v) is 3.95. The Morgan fingerprint density at radius 3 is 2.70 bits per heavy atom. The van der Waals surface area contributed by atoms with Gasteiger partial charge in [0, 0.05) is 18.2 Å². The SMILES string of the molecule is CCNC(CC1CC(OCC)C1)c1cc(F)ccc1F. The summed E-state index contributed by atoms with van der Waals surface area (Å²) in [6.07, 6.45) is 3.22. The second kappa shape index (κ2) is 7.14. The highest BCUT2D eigenvalue weighted by atomic mass is 19.1. The first kappa shape index (κ1) is 15.4. The predicted molar refractivity (Wildman–Crippen MR) is 75.5 cm³/mol. The average Bonchev–Trinajstić information content (AvgIpc) is 2.38. The zero-order valence-corrected chi connectivity index (χ0v) is 12.2. The Kier molecular flexibility index (Phi) is 5.49. The summed E-state index contributed by atoms with van der Waals surface area (Å²) in [7, 11) is 0. The van der Waals surface area contributed by atoms with Crippen LogP contribution in [-0.4, -0.2) is 19.3 Å². The lowest BCUT2D eigenvalue weighted by Crippen LogP contribution is -2.35. The maximum absolute atomic E-state index is 13.9. The fourth-order valence-electron chi connectivity index (χ4n) is 2.92. The smallest absolute Gasteiger partial charge is 0.128 e. The van der Waals surface area contributed by atoms with Crippen LogP contribution in [0.4, 0.5) is 8.78 Å². The number of rotatable bonds is 7. The molecule has 0 amide bonds. The van der Waals surface area contributed by atoms with Crippen LogP contribution in [0, 0.1) is 17.6 Å². The number of hydrogen-bond donors (Lipinski definition) is 1. The quantitative estimate of drug-likeness (QED) is 0.821. The van der Waals surface area contributed by atoms with Crippen LogP contribution in [0.25, 0.3) is 0 Å². The molecule has 4 heteroatoms. The lowest BCUT2D eigenvalue weighted by molar-refractivity contribution is -0.0291. The van der Waals surface area contributed by atoms with Gasteiger partial charge in [-0.25, -0.2) is 8.78 Å². The van der Waals surface area contributed by atoms with Crippen LogP contribution < -0.4 is 5.32 Å². The molecule has 1 atom stereocenters. The largest absolute Gasteiger partial charge is 0.378 e. The van der Waals surface area contributed by atoms with Crippen molar-refractivity contribution in [1.29, 1.82) is 0 Å². The van der Waals surface area contributed by atoms with E-state index in [4.69, 9.17) is 4.74 Å². The molecule has 0 heterocycles. The van der Waals surface area contributed by atoms with E-state index in [0.29, 0.717) is 17.6 Å². The van der Waals surface area contributed by atoms with Crippen LogP contribution in [0.2, 0.25) is 0 Å². The molecule has 1 saturated carbocycles. The molecule has 1 aromatic carbocycles. The van der Waals surface area contributed by atoms with Crippen molar-refractivity contribution in [1.82, 2.24) is 5.32 Å². The van der Waals surface area contributed by atoms with Gasteiger partial charge < -0.3 is 10.1 Å². The van der Waals surface area contributed by atoms with Crippen molar-refractivity contribution in [3.8, 4) is 0 Å². The zero-order chi connectivity index (χ0) is 14.5. The van der Waals surface area contributed by atoms with Crippen LogP contribution in [0.5, 0.6) is 0 Å². The van der Waals surface area contributed by atoms with Gasteiger partial charge in [-0.15, -0.1) is 0 Å². The first-order chi connectivity index (χ1) is 9.63. The van der Waals surface area contributed by atoms with E-state index in [0.717, 1.165) is 38.5 Å². The van der Waals surface area contributed by atoms with Gasteiger partial charge in [-0.1, -0.05) is 6.92 Å². The maximum atomic E-state index is 13.9. The molecule has 112 valence electrons. The van der Waals surface area contributed by atoms with Gasteiger partial charge in [0.05, 0.1) is 6.10 Å². The Morgan fingerprint density at radius 1 is 1.30 bits per heavy atom. The van der Waals surface area contributed by atoms with Gasteiger partial charge in [0.1, 0.15) is 11.6 Å². The van der Waals surface area contributed by atoms with Gasteiger partial charge in [-0.2, -0.15) is 0 Å². The Hall–Kier alpha value is -1.00. The number of hydrogen-bond acceptors (Lipinski definition) is 2. The number of benzene rings is 1. The van der Waals surface area contributed by atoms with Gasteiger partial charge in [0.25, 0.3) is 0 Å². The third kappa shape index (κ3) is 3.76. The molecule has 0 aliphatic heterocycles. The van der Waals surface area contributed by atoms with Crippen LogP contribution in [0.1, 0.15) is 44.7 Å². The fraction of sp³-hybridized carbons (Fsp3) is 0.625. The van der Waals surface area contributed by atoms with E-state index in [9.17, 15) is 8.78 Å². The lowest BCUT2D eigenvalue weighted by Gasteiger charge is -2.37. The predicted octanol–water partition coefficient (Wildman–Crippen LogP) is 3.82. The highest BCUT2D eigenvalue weighted by Gasteiger charge is 2.32. The molecule has 0 spiro atoms. The molecule has 1 N–H and O–H groups in total. The molecule has 1 aliphatic rings.